The molecule has 7 heteroatoms. The normalized spacial score (nSPS) is 24.8. The van der Waals surface area contributed by atoms with Crippen LogP contribution < -0.4 is 20.1 Å². The second-order valence-corrected chi connectivity index (χ2v) is 8.95. The van der Waals surface area contributed by atoms with Crippen molar-refractivity contribution in [2.45, 2.75) is 62.9 Å². The Labute approximate surface area is 171 Å². The Kier molecular flexibility index (Phi) is 4.65. The van der Waals surface area contributed by atoms with Crippen LogP contribution in [0.5, 0.6) is 11.5 Å². The van der Waals surface area contributed by atoms with Gasteiger partial charge in [0.15, 0.2) is 11.5 Å². The van der Waals surface area contributed by atoms with Crippen LogP contribution >= 0.6 is 0 Å². The number of nitrogens with zero attached hydrogens (tertiary/aromatic N) is 1. The summed E-state index contributed by atoms with van der Waals surface area (Å²) in [4.78, 5) is 26.7. The van der Waals surface area contributed by atoms with Gasteiger partial charge in [0, 0.05) is 24.0 Å². The Balaban J connectivity index is 1.39. The lowest BCUT2D eigenvalue weighted by molar-refractivity contribution is -0.122. The predicted molar refractivity (Wildman–Crippen MR) is 107 cm³/mol. The lowest BCUT2D eigenvalue weighted by Crippen LogP contribution is -2.51. The summed E-state index contributed by atoms with van der Waals surface area (Å²) in [5.74, 6) is 1.39. The van der Waals surface area contributed by atoms with Crippen LogP contribution in [0.15, 0.2) is 12.1 Å². The van der Waals surface area contributed by atoms with E-state index in [9.17, 15) is 9.59 Å². The summed E-state index contributed by atoms with van der Waals surface area (Å²) in [7, 11) is 0. The molecule has 5 rings (SSSR count). The molecule has 2 fully saturated rings. The van der Waals surface area contributed by atoms with Crippen molar-refractivity contribution >= 4 is 11.9 Å². The molecule has 3 amide bonds. The van der Waals surface area contributed by atoms with Crippen LogP contribution in [0.2, 0.25) is 0 Å². The topological polar surface area (TPSA) is 79.9 Å². The molecule has 2 N–H and O–H groups in total. The minimum absolute atomic E-state index is 0.0498. The van der Waals surface area contributed by atoms with Gasteiger partial charge in [-0.25, -0.2) is 4.79 Å². The molecule has 2 aliphatic heterocycles. The third kappa shape index (κ3) is 3.56. The zero-order chi connectivity index (χ0) is 20.0. The van der Waals surface area contributed by atoms with Crippen molar-refractivity contribution in [3.63, 3.8) is 0 Å². The van der Waals surface area contributed by atoms with Crippen LogP contribution in [0, 0.1) is 0 Å². The van der Waals surface area contributed by atoms with E-state index in [1.165, 1.54) is 24.0 Å². The first-order valence-corrected chi connectivity index (χ1v) is 10.8. The van der Waals surface area contributed by atoms with E-state index in [-0.39, 0.29) is 36.0 Å². The summed E-state index contributed by atoms with van der Waals surface area (Å²) in [6, 6.07) is 4.23. The van der Waals surface area contributed by atoms with Gasteiger partial charge in [-0.1, -0.05) is 12.8 Å². The summed E-state index contributed by atoms with van der Waals surface area (Å²) in [6.07, 6.45) is 6.64. The SMILES string of the molecule is CC1c2cc3c(cc2C2(CCCC2)CN1CC(=O)NC(=O)NC1CC1)OCCO3. The number of urea groups is 1. The molecule has 0 bridgehead atoms. The fourth-order valence-corrected chi connectivity index (χ4v) is 5.19. The number of carbonyl (C=O) groups excluding carboxylic acids is 2. The van der Waals surface area contributed by atoms with Crippen molar-refractivity contribution < 1.29 is 19.1 Å². The van der Waals surface area contributed by atoms with Gasteiger partial charge in [0.1, 0.15) is 13.2 Å². The largest absolute Gasteiger partial charge is 0.486 e. The zero-order valence-corrected chi connectivity index (χ0v) is 17.0. The van der Waals surface area contributed by atoms with Crippen LogP contribution in [-0.2, 0) is 10.2 Å². The number of imide groups is 1. The maximum absolute atomic E-state index is 12.6. The van der Waals surface area contributed by atoms with Crippen molar-refractivity contribution in [3.8, 4) is 11.5 Å². The van der Waals surface area contributed by atoms with Crippen LogP contribution in [0.3, 0.4) is 0 Å². The lowest BCUT2D eigenvalue weighted by atomic mass is 9.71. The first-order valence-electron chi connectivity index (χ1n) is 10.8. The number of amides is 3. The summed E-state index contributed by atoms with van der Waals surface area (Å²) in [5, 5.41) is 5.31. The molecular formula is C22H29N3O4. The van der Waals surface area contributed by atoms with Crippen molar-refractivity contribution in [2.24, 2.45) is 0 Å². The number of rotatable bonds is 3. The van der Waals surface area contributed by atoms with Gasteiger partial charge >= 0.3 is 6.03 Å². The summed E-state index contributed by atoms with van der Waals surface area (Å²) >= 11 is 0. The lowest BCUT2D eigenvalue weighted by Gasteiger charge is -2.46. The van der Waals surface area contributed by atoms with Crippen LogP contribution in [-0.4, -0.2) is 49.2 Å². The van der Waals surface area contributed by atoms with Crippen molar-refractivity contribution in [1.82, 2.24) is 15.5 Å². The molecule has 7 nitrogen and oxygen atoms in total. The quantitative estimate of drug-likeness (QED) is 0.817. The van der Waals surface area contributed by atoms with E-state index >= 15 is 0 Å². The van der Waals surface area contributed by atoms with Crippen LogP contribution in [0.1, 0.15) is 62.6 Å². The standard InChI is InChI=1S/C22H29N3O4/c1-14-16-10-18-19(29-9-8-28-18)11-17(16)22(6-2-3-7-22)13-25(14)12-20(26)24-21(27)23-15-4-5-15/h10-11,14-15H,2-9,12-13H2,1H3,(H2,23,24,26,27). The van der Waals surface area contributed by atoms with Gasteiger partial charge in [-0.2, -0.15) is 0 Å². The molecule has 29 heavy (non-hydrogen) atoms. The third-order valence-corrected chi connectivity index (χ3v) is 6.86. The number of nitrogens with one attached hydrogen (secondary N) is 2. The number of ether oxygens (including phenoxy) is 2. The van der Waals surface area contributed by atoms with E-state index in [1.807, 2.05) is 0 Å². The number of benzene rings is 1. The second kappa shape index (κ2) is 7.20. The highest BCUT2D eigenvalue weighted by atomic mass is 16.6. The minimum atomic E-state index is -0.377. The van der Waals surface area contributed by atoms with E-state index in [2.05, 4.69) is 34.6 Å². The molecule has 2 aliphatic carbocycles. The van der Waals surface area contributed by atoms with Crippen LogP contribution in [0.4, 0.5) is 4.79 Å². The van der Waals surface area contributed by atoms with E-state index < -0.39 is 0 Å². The number of fused-ring (bicyclic) bond motifs is 3. The van der Waals surface area contributed by atoms with Gasteiger partial charge in [-0.05, 0) is 55.9 Å². The summed E-state index contributed by atoms with van der Waals surface area (Å²) < 4.78 is 11.7. The third-order valence-electron chi connectivity index (χ3n) is 6.86. The molecule has 156 valence electrons. The average molecular weight is 399 g/mol. The summed E-state index contributed by atoms with van der Waals surface area (Å²) in [6.45, 7) is 4.33. The molecule has 0 saturated heterocycles. The Morgan fingerprint density at radius 2 is 1.83 bits per heavy atom. The molecule has 1 aromatic carbocycles. The van der Waals surface area contributed by atoms with Crippen molar-refractivity contribution in [3.05, 3.63) is 23.3 Å². The number of hydrogen-bond donors (Lipinski definition) is 2. The van der Waals surface area contributed by atoms with E-state index in [0.717, 1.165) is 43.7 Å². The molecule has 2 heterocycles. The predicted octanol–water partition coefficient (Wildman–Crippen LogP) is 2.63. The van der Waals surface area contributed by atoms with E-state index in [4.69, 9.17) is 9.47 Å². The monoisotopic (exact) mass is 399 g/mol. The minimum Gasteiger partial charge on any atom is -0.486 e. The average Bonchev–Trinajstić information content (AvgIpc) is 3.39. The fourth-order valence-electron chi connectivity index (χ4n) is 5.19. The Bertz CT molecular complexity index is 830. The zero-order valence-electron chi connectivity index (χ0n) is 17.0. The van der Waals surface area contributed by atoms with Gasteiger partial charge in [0.2, 0.25) is 5.91 Å². The maximum atomic E-state index is 12.6. The smallest absolute Gasteiger partial charge is 0.321 e. The Hall–Kier alpha value is -2.28. The Morgan fingerprint density at radius 1 is 1.14 bits per heavy atom. The van der Waals surface area contributed by atoms with Gasteiger partial charge in [-0.15, -0.1) is 0 Å². The highest BCUT2D eigenvalue weighted by Crippen LogP contribution is 2.51. The van der Waals surface area contributed by atoms with Gasteiger partial charge in [-0.3, -0.25) is 15.0 Å². The van der Waals surface area contributed by atoms with Gasteiger partial charge in [0.05, 0.1) is 6.54 Å². The molecule has 1 unspecified atom stereocenters. The fraction of sp³-hybridized carbons (Fsp3) is 0.636. The summed E-state index contributed by atoms with van der Waals surface area (Å²) in [5.41, 5.74) is 2.63. The molecule has 4 aliphatic rings. The first-order chi connectivity index (χ1) is 14.0. The van der Waals surface area contributed by atoms with Crippen molar-refractivity contribution in [2.75, 3.05) is 26.3 Å². The first kappa shape index (κ1) is 18.7. The highest BCUT2D eigenvalue weighted by Gasteiger charge is 2.45. The molecule has 1 spiro atoms. The number of carbonyl (C=O) groups is 2. The van der Waals surface area contributed by atoms with Crippen molar-refractivity contribution in [1.29, 1.82) is 0 Å². The second-order valence-electron chi connectivity index (χ2n) is 8.95. The number of hydrogen-bond acceptors (Lipinski definition) is 5. The molecule has 0 radical (unpaired) electrons. The maximum Gasteiger partial charge on any atom is 0.321 e. The molecule has 2 saturated carbocycles. The highest BCUT2D eigenvalue weighted by molar-refractivity contribution is 5.95. The van der Waals surface area contributed by atoms with Crippen LogP contribution in [0.25, 0.3) is 0 Å². The van der Waals surface area contributed by atoms with E-state index in [1.54, 1.807) is 0 Å². The molecular weight excluding hydrogens is 370 g/mol. The molecule has 1 atom stereocenters. The molecule has 0 aromatic heterocycles. The Morgan fingerprint density at radius 3 is 2.52 bits per heavy atom. The van der Waals surface area contributed by atoms with Gasteiger partial charge in [0.25, 0.3) is 0 Å². The van der Waals surface area contributed by atoms with Gasteiger partial charge < -0.3 is 14.8 Å². The van der Waals surface area contributed by atoms with E-state index in [0.29, 0.717) is 13.2 Å². The molecule has 1 aromatic rings.